The van der Waals surface area contributed by atoms with Crippen molar-refractivity contribution in [3.05, 3.63) is 59.0 Å². The second kappa shape index (κ2) is 7.92. The van der Waals surface area contributed by atoms with Gasteiger partial charge in [0, 0.05) is 44.8 Å². The van der Waals surface area contributed by atoms with Gasteiger partial charge in [-0.1, -0.05) is 18.3 Å². The minimum Gasteiger partial charge on any atom is -0.335 e. The van der Waals surface area contributed by atoms with Crippen molar-refractivity contribution < 1.29 is 4.79 Å². The smallest absolute Gasteiger partial charge is 0.260 e. The van der Waals surface area contributed by atoms with Crippen LogP contribution in [-0.2, 0) is 18.4 Å². The SMILES string of the molecule is C=C(SC(=NC)c1cccnc1)C(=O)N(C)Cc1cc(C)n(C)n1. The quantitative estimate of drug-likeness (QED) is 0.475. The lowest BCUT2D eigenvalue weighted by atomic mass is 10.3. The zero-order chi connectivity index (χ0) is 17.7. The topological polar surface area (TPSA) is 63.4 Å². The van der Waals surface area contributed by atoms with Crippen molar-refractivity contribution in [2.75, 3.05) is 14.1 Å². The van der Waals surface area contributed by atoms with Crippen LogP contribution >= 0.6 is 11.8 Å². The zero-order valence-corrected chi connectivity index (χ0v) is 15.2. The lowest BCUT2D eigenvalue weighted by Crippen LogP contribution is -2.27. The maximum atomic E-state index is 12.5. The predicted octanol–water partition coefficient (Wildman–Crippen LogP) is 2.41. The standard InChI is InChI=1S/C17H21N5OS/c1-12-9-15(20-22(12)5)11-21(4)17(23)13(2)24-16(18-3)14-7-6-8-19-10-14/h6-10H,2,11H2,1,3-5H3. The summed E-state index contributed by atoms with van der Waals surface area (Å²) in [7, 11) is 5.31. The predicted molar refractivity (Wildman–Crippen MR) is 97.8 cm³/mol. The van der Waals surface area contributed by atoms with E-state index in [9.17, 15) is 4.79 Å². The van der Waals surface area contributed by atoms with Gasteiger partial charge in [-0.15, -0.1) is 0 Å². The molecule has 0 bridgehead atoms. The number of aryl methyl sites for hydroxylation is 2. The number of pyridine rings is 1. The molecule has 0 fully saturated rings. The van der Waals surface area contributed by atoms with E-state index in [-0.39, 0.29) is 5.91 Å². The molecule has 2 heterocycles. The molecule has 2 rings (SSSR count). The highest BCUT2D eigenvalue weighted by atomic mass is 32.2. The molecule has 7 heteroatoms. The number of carbonyl (C=O) groups is 1. The minimum absolute atomic E-state index is 0.145. The maximum Gasteiger partial charge on any atom is 0.260 e. The molecule has 0 saturated carbocycles. The third-order valence-electron chi connectivity index (χ3n) is 3.48. The van der Waals surface area contributed by atoms with E-state index in [1.165, 1.54) is 11.8 Å². The van der Waals surface area contributed by atoms with E-state index < -0.39 is 0 Å². The Morgan fingerprint density at radius 2 is 2.25 bits per heavy atom. The van der Waals surface area contributed by atoms with Gasteiger partial charge in [-0.25, -0.2) is 0 Å². The number of rotatable bonds is 5. The summed E-state index contributed by atoms with van der Waals surface area (Å²) >= 11 is 1.25. The Morgan fingerprint density at radius 1 is 1.50 bits per heavy atom. The first-order valence-corrected chi connectivity index (χ1v) is 8.23. The Morgan fingerprint density at radius 3 is 2.79 bits per heavy atom. The van der Waals surface area contributed by atoms with E-state index in [0.29, 0.717) is 16.5 Å². The molecule has 0 aliphatic heterocycles. The summed E-state index contributed by atoms with van der Waals surface area (Å²) in [4.78, 5) is 22.8. The molecule has 0 atom stereocenters. The molecule has 126 valence electrons. The number of carbonyl (C=O) groups excluding carboxylic acids is 1. The number of aromatic nitrogens is 3. The lowest BCUT2D eigenvalue weighted by Gasteiger charge is -2.17. The number of likely N-dealkylation sites (N-methyl/N-ethyl adjacent to an activating group) is 1. The third kappa shape index (κ3) is 4.32. The highest BCUT2D eigenvalue weighted by Gasteiger charge is 2.18. The van der Waals surface area contributed by atoms with Crippen molar-refractivity contribution in [3.63, 3.8) is 0 Å². The summed E-state index contributed by atoms with van der Waals surface area (Å²) < 4.78 is 1.79. The molecule has 0 N–H and O–H groups in total. The van der Waals surface area contributed by atoms with Gasteiger partial charge >= 0.3 is 0 Å². The van der Waals surface area contributed by atoms with Crippen LogP contribution in [-0.4, -0.2) is 44.7 Å². The van der Waals surface area contributed by atoms with Crippen molar-refractivity contribution >= 4 is 22.7 Å². The van der Waals surface area contributed by atoms with Gasteiger partial charge in [-0.3, -0.25) is 19.5 Å². The van der Waals surface area contributed by atoms with Crippen LogP contribution in [0.25, 0.3) is 0 Å². The van der Waals surface area contributed by atoms with E-state index in [4.69, 9.17) is 0 Å². The number of hydrogen-bond acceptors (Lipinski definition) is 5. The minimum atomic E-state index is -0.145. The first-order chi connectivity index (χ1) is 11.4. The molecule has 24 heavy (non-hydrogen) atoms. The normalized spacial score (nSPS) is 11.4. The molecule has 0 radical (unpaired) electrons. The number of amides is 1. The van der Waals surface area contributed by atoms with Gasteiger partial charge < -0.3 is 4.90 Å². The molecule has 2 aromatic rings. The van der Waals surface area contributed by atoms with E-state index in [2.05, 4.69) is 21.7 Å². The van der Waals surface area contributed by atoms with Gasteiger partial charge in [0.05, 0.1) is 17.1 Å². The van der Waals surface area contributed by atoms with Crippen molar-refractivity contribution in [2.24, 2.45) is 12.0 Å². The van der Waals surface area contributed by atoms with Gasteiger partial charge in [0.2, 0.25) is 0 Å². The maximum absolute atomic E-state index is 12.5. The fraction of sp³-hybridized carbons (Fsp3) is 0.294. The molecular weight excluding hydrogens is 322 g/mol. The number of thioether (sulfide) groups is 1. The van der Waals surface area contributed by atoms with E-state index in [1.807, 2.05) is 32.2 Å². The largest absolute Gasteiger partial charge is 0.335 e. The summed E-state index contributed by atoms with van der Waals surface area (Å²) in [6.45, 7) is 6.31. The lowest BCUT2D eigenvalue weighted by molar-refractivity contribution is -0.125. The molecule has 0 spiro atoms. The van der Waals surface area contributed by atoms with E-state index in [0.717, 1.165) is 17.0 Å². The van der Waals surface area contributed by atoms with Crippen molar-refractivity contribution in [2.45, 2.75) is 13.5 Å². The van der Waals surface area contributed by atoms with Crippen LogP contribution < -0.4 is 0 Å². The van der Waals surface area contributed by atoms with Crippen LogP contribution in [0.15, 0.2) is 47.1 Å². The summed E-state index contributed by atoms with van der Waals surface area (Å²) in [5.74, 6) is -0.145. The number of hydrogen-bond donors (Lipinski definition) is 0. The Kier molecular flexibility index (Phi) is 5.92. The van der Waals surface area contributed by atoms with Crippen LogP contribution in [0.2, 0.25) is 0 Å². The first-order valence-electron chi connectivity index (χ1n) is 7.41. The summed E-state index contributed by atoms with van der Waals surface area (Å²) in [6.07, 6.45) is 3.41. The van der Waals surface area contributed by atoms with Gasteiger partial charge in [0.1, 0.15) is 5.04 Å². The second-order valence-electron chi connectivity index (χ2n) is 5.36. The summed E-state index contributed by atoms with van der Waals surface area (Å²) in [5.41, 5.74) is 2.76. The molecule has 2 aromatic heterocycles. The molecule has 0 saturated heterocycles. The van der Waals surface area contributed by atoms with Crippen molar-refractivity contribution in [1.82, 2.24) is 19.7 Å². The Hall–Kier alpha value is -2.41. The Labute approximate surface area is 146 Å². The molecule has 1 amide bonds. The first kappa shape index (κ1) is 17.9. The average Bonchev–Trinajstić information content (AvgIpc) is 2.89. The molecule has 6 nitrogen and oxygen atoms in total. The molecule has 0 unspecified atom stereocenters. The van der Waals surface area contributed by atoms with E-state index >= 15 is 0 Å². The molecular formula is C17H21N5OS. The van der Waals surface area contributed by atoms with Gasteiger partial charge in [0.25, 0.3) is 5.91 Å². The van der Waals surface area contributed by atoms with E-state index in [1.54, 1.807) is 36.1 Å². The number of nitrogens with zero attached hydrogens (tertiary/aromatic N) is 5. The second-order valence-corrected chi connectivity index (χ2v) is 6.44. The molecule has 0 aliphatic carbocycles. The fourth-order valence-electron chi connectivity index (χ4n) is 2.12. The van der Waals surface area contributed by atoms with Gasteiger partial charge in [-0.05, 0) is 25.1 Å². The monoisotopic (exact) mass is 343 g/mol. The van der Waals surface area contributed by atoms with Crippen LogP contribution in [0.3, 0.4) is 0 Å². The number of aliphatic imine (C=N–C) groups is 1. The Balaban J connectivity index is 2.01. The highest BCUT2D eigenvalue weighted by Crippen LogP contribution is 2.22. The summed E-state index contributed by atoms with van der Waals surface area (Å²) in [6, 6.07) is 5.70. The summed E-state index contributed by atoms with van der Waals surface area (Å²) in [5, 5.41) is 5.08. The van der Waals surface area contributed by atoms with Gasteiger partial charge in [0.15, 0.2) is 0 Å². The Bertz CT molecular complexity index is 747. The highest BCUT2D eigenvalue weighted by molar-refractivity contribution is 8.18. The zero-order valence-electron chi connectivity index (χ0n) is 14.4. The van der Waals surface area contributed by atoms with Crippen LogP contribution in [0, 0.1) is 6.92 Å². The van der Waals surface area contributed by atoms with Crippen molar-refractivity contribution in [3.8, 4) is 0 Å². The average molecular weight is 343 g/mol. The van der Waals surface area contributed by atoms with Crippen LogP contribution in [0.4, 0.5) is 0 Å². The van der Waals surface area contributed by atoms with Crippen LogP contribution in [0.5, 0.6) is 0 Å². The molecule has 0 aromatic carbocycles. The fourth-order valence-corrected chi connectivity index (χ4v) is 2.93. The van der Waals surface area contributed by atoms with Gasteiger partial charge in [-0.2, -0.15) is 5.10 Å². The molecule has 0 aliphatic rings. The van der Waals surface area contributed by atoms with Crippen molar-refractivity contribution in [1.29, 1.82) is 0 Å². The third-order valence-corrected chi connectivity index (χ3v) is 4.51. The van der Waals surface area contributed by atoms with Crippen LogP contribution in [0.1, 0.15) is 17.0 Å².